The number of hydrogen-bond donors (Lipinski definition) is 3. The molecule has 0 aliphatic rings. The summed E-state index contributed by atoms with van der Waals surface area (Å²) in [6.07, 6.45) is 2.36. The number of allylic oxidation sites excluding steroid dienone is 1. The Hall–Kier alpha value is -3.21. The SMILES string of the molecule is CCCNC(=O)c1ccc(C)c(NC=C(C#N)c2nn[nH]n2)c1. The second-order valence-corrected chi connectivity index (χ2v) is 4.84. The van der Waals surface area contributed by atoms with Crippen LogP contribution < -0.4 is 10.6 Å². The fourth-order valence-electron chi connectivity index (χ4n) is 1.83. The first-order valence-electron chi connectivity index (χ1n) is 7.15. The molecule has 1 aromatic heterocycles. The van der Waals surface area contributed by atoms with E-state index in [1.807, 2.05) is 26.0 Å². The van der Waals surface area contributed by atoms with Crippen LogP contribution in [0.3, 0.4) is 0 Å². The number of aromatic amines is 1. The number of carbonyl (C=O) groups excluding carboxylic acids is 1. The summed E-state index contributed by atoms with van der Waals surface area (Å²) in [6, 6.07) is 7.34. The van der Waals surface area contributed by atoms with E-state index in [9.17, 15) is 4.79 Å². The molecule has 8 nitrogen and oxygen atoms in total. The van der Waals surface area contributed by atoms with Crippen LogP contribution in [0.15, 0.2) is 24.4 Å². The van der Waals surface area contributed by atoms with E-state index in [-0.39, 0.29) is 17.3 Å². The molecule has 1 heterocycles. The van der Waals surface area contributed by atoms with Crippen molar-refractivity contribution in [3.05, 3.63) is 41.4 Å². The summed E-state index contributed by atoms with van der Waals surface area (Å²) in [6.45, 7) is 4.53. The summed E-state index contributed by atoms with van der Waals surface area (Å²) >= 11 is 0. The van der Waals surface area contributed by atoms with Crippen molar-refractivity contribution >= 4 is 17.2 Å². The first-order valence-corrected chi connectivity index (χ1v) is 7.15. The Bertz CT molecular complexity index is 744. The normalized spacial score (nSPS) is 10.9. The summed E-state index contributed by atoms with van der Waals surface area (Å²) in [4.78, 5) is 12.0. The van der Waals surface area contributed by atoms with Crippen LogP contribution in [0, 0.1) is 18.3 Å². The molecule has 1 aromatic carbocycles. The van der Waals surface area contributed by atoms with Gasteiger partial charge in [-0.1, -0.05) is 13.0 Å². The third kappa shape index (κ3) is 4.14. The lowest BCUT2D eigenvalue weighted by Crippen LogP contribution is -2.24. The van der Waals surface area contributed by atoms with Crippen LogP contribution in [-0.4, -0.2) is 33.1 Å². The number of nitriles is 1. The zero-order chi connectivity index (χ0) is 16.7. The van der Waals surface area contributed by atoms with Crippen LogP contribution in [0.1, 0.15) is 35.1 Å². The van der Waals surface area contributed by atoms with Crippen molar-refractivity contribution in [1.29, 1.82) is 5.26 Å². The van der Waals surface area contributed by atoms with Crippen LogP contribution >= 0.6 is 0 Å². The molecule has 0 aliphatic carbocycles. The van der Waals surface area contributed by atoms with Crippen LogP contribution in [0.5, 0.6) is 0 Å². The smallest absolute Gasteiger partial charge is 0.251 e. The Morgan fingerprint density at radius 2 is 2.30 bits per heavy atom. The summed E-state index contributed by atoms with van der Waals surface area (Å²) < 4.78 is 0. The van der Waals surface area contributed by atoms with Gasteiger partial charge in [0.15, 0.2) is 0 Å². The van der Waals surface area contributed by atoms with Crippen molar-refractivity contribution in [2.75, 3.05) is 11.9 Å². The lowest BCUT2D eigenvalue weighted by atomic mass is 10.1. The average Bonchev–Trinajstić information content (AvgIpc) is 3.09. The number of tetrazole rings is 1. The lowest BCUT2D eigenvalue weighted by Gasteiger charge is -2.09. The Kier molecular flexibility index (Phi) is 5.41. The molecule has 3 N–H and O–H groups in total. The van der Waals surface area contributed by atoms with Gasteiger partial charge >= 0.3 is 0 Å². The molecule has 118 valence electrons. The number of aryl methyl sites for hydroxylation is 1. The van der Waals surface area contributed by atoms with E-state index in [0.717, 1.165) is 17.7 Å². The van der Waals surface area contributed by atoms with E-state index in [0.29, 0.717) is 12.1 Å². The van der Waals surface area contributed by atoms with Crippen molar-refractivity contribution in [1.82, 2.24) is 25.9 Å². The zero-order valence-corrected chi connectivity index (χ0v) is 12.9. The van der Waals surface area contributed by atoms with Crippen molar-refractivity contribution in [2.45, 2.75) is 20.3 Å². The molecule has 2 rings (SSSR count). The highest BCUT2D eigenvalue weighted by Gasteiger charge is 2.09. The molecule has 0 fully saturated rings. The van der Waals surface area contributed by atoms with Gasteiger partial charge in [-0.25, -0.2) is 0 Å². The van der Waals surface area contributed by atoms with Crippen LogP contribution in [0.25, 0.3) is 5.57 Å². The van der Waals surface area contributed by atoms with Crippen LogP contribution in [0.4, 0.5) is 5.69 Å². The van der Waals surface area contributed by atoms with E-state index >= 15 is 0 Å². The largest absolute Gasteiger partial charge is 0.360 e. The van der Waals surface area contributed by atoms with Gasteiger partial charge in [-0.3, -0.25) is 4.79 Å². The van der Waals surface area contributed by atoms with E-state index < -0.39 is 0 Å². The molecule has 8 heteroatoms. The maximum Gasteiger partial charge on any atom is 0.251 e. The first-order chi connectivity index (χ1) is 11.2. The topological polar surface area (TPSA) is 119 Å². The number of amides is 1. The van der Waals surface area contributed by atoms with Gasteiger partial charge in [0.1, 0.15) is 11.6 Å². The van der Waals surface area contributed by atoms with Gasteiger partial charge in [-0.15, -0.1) is 10.2 Å². The molecule has 0 aliphatic heterocycles. The number of rotatable bonds is 6. The highest BCUT2D eigenvalue weighted by Crippen LogP contribution is 2.18. The Morgan fingerprint density at radius 3 is 2.96 bits per heavy atom. The highest BCUT2D eigenvalue weighted by molar-refractivity contribution is 5.95. The molecular weight excluding hydrogens is 294 g/mol. The minimum absolute atomic E-state index is 0.127. The maximum atomic E-state index is 12.0. The molecule has 1 amide bonds. The standard InChI is InChI=1S/C15H17N7O/c1-3-6-17-15(23)11-5-4-10(2)13(7-11)18-9-12(8-16)14-19-21-22-20-14/h4-5,7,9,18H,3,6H2,1-2H3,(H,17,23)(H,19,20,21,22). The number of carbonyl (C=O) groups is 1. The molecule has 2 aromatic rings. The minimum atomic E-state index is -0.127. The minimum Gasteiger partial charge on any atom is -0.360 e. The average molecular weight is 311 g/mol. The second kappa shape index (κ2) is 7.70. The lowest BCUT2D eigenvalue weighted by molar-refractivity contribution is 0.0953. The number of nitrogens with one attached hydrogen (secondary N) is 3. The Balaban J connectivity index is 2.19. The summed E-state index contributed by atoms with van der Waals surface area (Å²) in [5.74, 6) is 0.0760. The Morgan fingerprint density at radius 1 is 1.48 bits per heavy atom. The second-order valence-electron chi connectivity index (χ2n) is 4.84. The molecule has 0 bridgehead atoms. The number of nitrogens with zero attached hydrogens (tertiary/aromatic N) is 4. The number of H-pyrrole nitrogens is 1. The van der Waals surface area contributed by atoms with E-state index in [4.69, 9.17) is 5.26 Å². The fourth-order valence-corrected chi connectivity index (χ4v) is 1.83. The third-order valence-electron chi connectivity index (χ3n) is 3.11. The first kappa shape index (κ1) is 16.2. The van der Waals surface area contributed by atoms with Crippen molar-refractivity contribution < 1.29 is 4.79 Å². The molecule has 0 atom stereocenters. The summed E-state index contributed by atoms with van der Waals surface area (Å²) in [5, 5.41) is 28.2. The molecule has 0 saturated heterocycles. The zero-order valence-electron chi connectivity index (χ0n) is 12.9. The molecule has 0 radical (unpaired) electrons. The summed E-state index contributed by atoms with van der Waals surface area (Å²) in [7, 11) is 0. The molecular formula is C15H17N7O. The van der Waals surface area contributed by atoms with Gasteiger partial charge in [0.2, 0.25) is 5.82 Å². The predicted octanol–water partition coefficient (Wildman–Crippen LogP) is 1.62. The van der Waals surface area contributed by atoms with Crippen molar-refractivity contribution in [3.8, 4) is 6.07 Å². The van der Waals surface area contributed by atoms with Crippen LogP contribution in [0.2, 0.25) is 0 Å². The van der Waals surface area contributed by atoms with Gasteiger partial charge < -0.3 is 10.6 Å². The molecule has 23 heavy (non-hydrogen) atoms. The summed E-state index contributed by atoms with van der Waals surface area (Å²) in [5.41, 5.74) is 2.46. The van der Waals surface area contributed by atoms with E-state index in [1.165, 1.54) is 6.20 Å². The Labute approximate surface area is 133 Å². The maximum absolute atomic E-state index is 12.0. The quantitative estimate of drug-likeness (QED) is 0.697. The van der Waals surface area contributed by atoms with Gasteiger partial charge in [-0.2, -0.15) is 10.5 Å². The number of anilines is 1. The van der Waals surface area contributed by atoms with Crippen molar-refractivity contribution in [3.63, 3.8) is 0 Å². The van der Waals surface area contributed by atoms with Gasteiger partial charge in [0, 0.05) is 24.0 Å². The number of hydrogen-bond acceptors (Lipinski definition) is 6. The molecule has 0 saturated carbocycles. The third-order valence-corrected chi connectivity index (χ3v) is 3.11. The van der Waals surface area contributed by atoms with Gasteiger partial charge in [-0.05, 0) is 36.3 Å². The number of benzene rings is 1. The van der Waals surface area contributed by atoms with Gasteiger partial charge in [0.05, 0.1) is 0 Å². The van der Waals surface area contributed by atoms with Crippen LogP contribution in [-0.2, 0) is 0 Å². The van der Waals surface area contributed by atoms with Crippen molar-refractivity contribution in [2.24, 2.45) is 0 Å². The molecule has 0 spiro atoms. The van der Waals surface area contributed by atoms with Gasteiger partial charge in [0.25, 0.3) is 5.91 Å². The van der Waals surface area contributed by atoms with E-state index in [1.54, 1.807) is 12.1 Å². The predicted molar refractivity (Wildman–Crippen MR) is 85.2 cm³/mol. The fraction of sp³-hybridized carbons (Fsp3) is 0.267. The number of aromatic nitrogens is 4. The molecule has 0 unspecified atom stereocenters. The monoisotopic (exact) mass is 311 g/mol. The highest BCUT2D eigenvalue weighted by atomic mass is 16.1. The van der Waals surface area contributed by atoms with E-state index in [2.05, 4.69) is 31.3 Å².